The Morgan fingerprint density at radius 2 is 1.77 bits per heavy atom. The van der Waals surface area contributed by atoms with Crippen molar-refractivity contribution in [2.24, 2.45) is 0 Å². The zero-order valence-electron chi connectivity index (χ0n) is 15.0. The maximum atomic E-state index is 12.6. The molecule has 2 aromatic carbocycles. The van der Waals surface area contributed by atoms with Gasteiger partial charge in [-0.05, 0) is 25.1 Å². The lowest BCUT2D eigenvalue weighted by Crippen LogP contribution is -2.37. The van der Waals surface area contributed by atoms with E-state index in [1.54, 1.807) is 0 Å². The number of aromatic nitrogens is 3. The number of carbonyl (C=O) groups excluding carboxylic acids is 1. The van der Waals surface area contributed by atoms with Crippen molar-refractivity contribution in [3.63, 3.8) is 0 Å². The van der Waals surface area contributed by atoms with Gasteiger partial charge in [0.1, 0.15) is 11.9 Å². The molecule has 1 aromatic heterocycles. The molecule has 1 heterocycles. The predicted molar refractivity (Wildman–Crippen MR) is 100 cm³/mol. The fourth-order valence-corrected chi connectivity index (χ4v) is 2.83. The number of rotatable bonds is 7. The van der Waals surface area contributed by atoms with E-state index >= 15 is 0 Å². The monoisotopic (exact) mass is 349 g/mol. The minimum absolute atomic E-state index is 0.0697. The molecule has 0 unspecified atom stereocenters. The number of benzene rings is 2. The summed E-state index contributed by atoms with van der Waals surface area (Å²) in [5.41, 5.74) is 2.12. The van der Waals surface area contributed by atoms with Crippen LogP contribution < -0.4 is 5.32 Å². The first-order valence-electron chi connectivity index (χ1n) is 8.57. The van der Waals surface area contributed by atoms with Gasteiger partial charge >= 0.3 is 0 Å². The Hall–Kier alpha value is -2.99. The summed E-state index contributed by atoms with van der Waals surface area (Å²) >= 11 is 0. The Bertz CT molecular complexity index is 832. The summed E-state index contributed by atoms with van der Waals surface area (Å²) in [5.74, 6) is 1.21. The number of likely N-dealkylation sites (N-methyl/N-ethyl adjacent to an activating group) is 1. The van der Waals surface area contributed by atoms with Crippen LogP contribution in [-0.4, -0.2) is 39.6 Å². The van der Waals surface area contributed by atoms with Gasteiger partial charge in [-0.3, -0.25) is 14.8 Å². The first-order chi connectivity index (χ1) is 12.6. The fourth-order valence-electron chi connectivity index (χ4n) is 2.83. The van der Waals surface area contributed by atoms with E-state index in [2.05, 4.69) is 32.6 Å². The molecule has 2 N–H and O–H groups in total. The Balaban J connectivity index is 1.67. The van der Waals surface area contributed by atoms with Gasteiger partial charge in [0.25, 0.3) is 0 Å². The number of carbonyl (C=O) groups is 1. The second kappa shape index (κ2) is 8.40. The quantitative estimate of drug-likeness (QED) is 0.687. The molecule has 3 rings (SSSR count). The lowest BCUT2D eigenvalue weighted by Gasteiger charge is -2.20. The van der Waals surface area contributed by atoms with Crippen LogP contribution >= 0.6 is 0 Å². The summed E-state index contributed by atoms with van der Waals surface area (Å²) in [7, 11) is 1.93. The van der Waals surface area contributed by atoms with Crippen LogP contribution in [0.2, 0.25) is 0 Å². The van der Waals surface area contributed by atoms with E-state index in [-0.39, 0.29) is 11.9 Å². The highest BCUT2D eigenvalue weighted by Crippen LogP contribution is 2.18. The van der Waals surface area contributed by atoms with Crippen LogP contribution in [-0.2, 0) is 11.3 Å². The Morgan fingerprint density at radius 3 is 2.38 bits per heavy atom. The van der Waals surface area contributed by atoms with E-state index in [1.165, 1.54) is 5.56 Å². The number of H-pyrrole nitrogens is 1. The molecule has 6 heteroatoms. The number of nitrogens with one attached hydrogen (secondary N) is 2. The lowest BCUT2D eigenvalue weighted by atomic mass is 10.1. The molecular weight excluding hydrogens is 326 g/mol. The van der Waals surface area contributed by atoms with Crippen LogP contribution in [0.1, 0.15) is 28.8 Å². The summed E-state index contributed by atoms with van der Waals surface area (Å²) in [6.45, 7) is 2.85. The molecule has 0 aliphatic heterocycles. The minimum Gasteiger partial charge on any atom is -0.341 e. The smallest absolute Gasteiger partial charge is 0.235 e. The normalized spacial score (nSPS) is 12.1. The van der Waals surface area contributed by atoms with Gasteiger partial charge in [-0.25, -0.2) is 4.98 Å². The number of hydrogen-bond donors (Lipinski definition) is 2. The number of aromatic amines is 1. The highest BCUT2D eigenvalue weighted by Gasteiger charge is 2.21. The summed E-state index contributed by atoms with van der Waals surface area (Å²) < 4.78 is 0. The molecule has 26 heavy (non-hydrogen) atoms. The number of aryl methyl sites for hydroxylation is 1. The predicted octanol–water partition coefficient (Wildman–Crippen LogP) is 2.45. The van der Waals surface area contributed by atoms with Gasteiger partial charge < -0.3 is 5.32 Å². The molecule has 1 atom stereocenters. The van der Waals surface area contributed by atoms with E-state index in [4.69, 9.17) is 0 Å². The highest BCUT2D eigenvalue weighted by atomic mass is 16.2. The van der Waals surface area contributed by atoms with E-state index in [0.717, 1.165) is 11.4 Å². The van der Waals surface area contributed by atoms with Crippen molar-refractivity contribution in [2.75, 3.05) is 13.6 Å². The summed E-state index contributed by atoms with van der Waals surface area (Å²) in [4.78, 5) is 19.0. The van der Waals surface area contributed by atoms with Crippen molar-refractivity contribution < 1.29 is 4.79 Å². The van der Waals surface area contributed by atoms with Crippen molar-refractivity contribution in [3.05, 3.63) is 83.4 Å². The van der Waals surface area contributed by atoms with E-state index < -0.39 is 0 Å². The molecule has 6 nitrogen and oxygen atoms in total. The molecule has 0 saturated carbocycles. The van der Waals surface area contributed by atoms with Gasteiger partial charge in [-0.15, -0.1) is 0 Å². The molecule has 0 fully saturated rings. The molecule has 0 bridgehead atoms. The average Bonchev–Trinajstić information content (AvgIpc) is 3.07. The third-order valence-corrected chi connectivity index (χ3v) is 4.02. The standard InChI is InChI=1S/C20H23N5O/c1-15-21-20(24-23-15)19(17-11-7-4-8-12-17)22-18(26)14-25(2)13-16-9-5-3-6-10-16/h3-12,19H,13-14H2,1-2H3,(H,22,26)(H,21,23,24)/t19-/m1/s1. The molecule has 0 saturated heterocycles. The van der Waals surface area contributed by atoms with Crippen LogP contribution in [0.25, 0.3) is 0 Å². The zero-order chi connectivity index (χ0) is 18.4. The third-order valence-electron chi connectivity index (χ3n) is 4.02. The van der Waals surface area contributed by atoms with Gasteiger partial charge in [-0.1, -0.05) is 60.7 Å². The Labute approximate surface area is 153 Å². The SMILES string of the molecule is Cc1nc([C@H](NC(=O)CN(C)Cc2ccccc2)c2ccccc2)n[nH]1. The van der Waals surface area contributed by atoms with Gasteiger partial charge in [-0.2, -0.15) is 5.10 Å². The zero-order valence-corrected chi connectivity index (χ0v) is 15.0. The van der Waals surface area contributed by atoms with E-state index in [0.29, 0.717) is 18.9 Å². The van der Waals surface area contributed by atoms with Crippen LogP contribution in [0.3, 0.4) is 0 Å². The molecule has 134 valence electrons. The van der Waals surface area contributed by atoms with Crippen LogP contribution in [0.15, 0.2) is 60.7 Å². The maximum Gasteiger partial charge on any atom is 0.235 e. The summed E-state index contributed by atoms with van der Waals surface area (Å²) in [6.07, 6.45) is 0. The van der Waals surface area contributed by atoms with Gasteiger partial charge in [0.2, 0.25) is 5.91 Å². The third kappa shape index (κ3) is 4.77. The van der Waals surface area contributed by atoms with Crippen LogP contribution in [0.4, 0.5) is 0 Å². The van der Waals surface area contributed by atoms with E-state index in [9.17, 15) is 4.79 Å². The average molecular weight is 349 g/mol. The number of amides is 1. The molecule has 0 spiro atoms. The van der Waals surface area contributed by atoms with Gasteiger partial charge in [0, 0.05) is 6.54 Å². The second-order valence-electron chi connectivity index (χ2n) is 6.35. The summed E-state index contributed by atoms with van der Waals surface area (Å²) in [5, 5.41) is 10.1. The molecule has 3 aromatic rings. The second-order valence-corrected chi connectivity index (χ2v) is 6.35. The minimum atomic E-state index is -0.376. The van der Waals surface area contributed by atoms with Crippen molar-refractivity contribution in [2.45, 2.75) is 19.5 Å². The lowest BCUT2D eigenvalue weighted by molar-refractivity contribution is -0.122. The summed E-state index contributed by atoms with van der Waals surface area (Å²) in [6, 6.07) is 19.5. The molecular formula is C20H23N5O. The number of nitrogens with zero attached hydrogens (tertiary/aromatic N) is 3. The van der Waals surface area contributed by atoms with Crippen molar-refractivity contribution in [1.82, 2.24) is 25.4 Å². The van der Waals surface area contributed by atoms with Gasteiger partial charge in [0.15, 0.2) is 5.82 Å². The Kier molecular flexibility index (Phi) is 5.76. The van der Waals surface area contributed by atoms with Crippen LogP contribution in [0.5, 0.6) is 0 Å². The molecule has 0 radical (unpaired) electrons. The highest BCUT2D eigenvalue weighted by molar-refractivity contribution is 5.78. The Morgan fingerprint density at radius 1 is 1.12 bits per heavy atom. The van der Waals surface area contributed by atoms with Crippen molar-refractivity contribution >= 4 is 5.91 Å². The van der Waals surface area contributed by atoms with Crippen molar-refractivity contribution in [1.29, 1.82) is 0 Å². The largest absolute Gasteiger partial charge is 0.341 e. The maximum absolute atomic E-state index is 12.6. The van der Waals surface area contributed by atoms with Crippen molar-refractivity contribution in [3.8, 4) is 0 Å². The van der Waals surface area contributed by atoms with E-state index in [1.807, 2.05) is 67.4 Å². The molecule has 1 amide bonds. The van der Waals surface area contributed by atoms with Gasteiger partial charge in [0.05, 0.1) is 6.54 Å². The first-order valence-corrected chi connectivity index (χ1v) is 8.57. The molecule has 0 aliphatic carbocycles. The van der Waals surface area contributed by atoms with Crippen LogP contribution in [0, 0.1) is 6.92 Å². The first kappa shape index (κ1) is 17.8. The fraction of sp³-hybridized carbons (Fsp3) is 0.250. The molecule has 0 aliphatic rings. The number of hydrogen-bond acceptors (Lipinski definition) is 4. The topological polar surface area (TPSA) is 73.9 Å².